The van der Waals surface area contributed by atoms with Gasteiger partial charge >= 0.3 is 0 Å². The quantitative estimate of drug-likeness (QED) is 0.844. The smallest absolute Gasteiger partial charge is 0.251 e. The molecule has 1 aliphatic heterocycles. The fraction of sp³-hybridized carbons (Fsp3) is 0.278. The van der Waals surface area contributed by atoms with Crippen LogP contribution in [0.25, 0.3) is 0 Å². The molecule has 6 nitrogen and oxygen atoms in total. The summed E-state index contributed by atoms with van der Waals surface area (Å²) in [5.74, 6) is -0.216. The van der Waals surface area contributed by atoms with Crippen molar-refractivity contribution in [2.24, 2.45) is 0 Å². The summed E-state index contributed by atoms with van der Waals surface area (Å²) in [7, 11) is -3.50. The number of amides is 1. The maximum atomic E-state index is 12.6. The molecule has 0 radical (unpaired) electrons. The van der Waals surface area contributed by atoms with Crippen molar-refractivity contribution in [1.29, 1.82) is 0 Å². The summed E-state index contributed by atoms with van der Waals surface area (Å²) >= 11 is 5.81. The number of nitrogens with zero attached hydrogens (tertiary/aromatic N) is 1. The van der Waals surface area contributed by atoms with Crippen LogP contribution in [0.1, 0.15) is 15.9 Å². The third-order valence-corrected chi connectivity index (χ3v) is 6.26. The third-order valence-electron chi connectivity index (χ3n) is 4.09. The minimum atomic E-state index is -3.50. The van der Waals surface area contributed by atoms with E-state index in [0.717, 1.165) is 5.56 Å². The maximum Gasteiger partial charge on any atom is 0.251 e. The van der Waals surface area contributed by atoms with Crippen LogP contribution in [0.2, 0.25) is 5.02 Å². The fourth-order valence-corrected chi connectivity index (χ4v) is 4.13. The lowest BCUT2D eigenvalue weighted by atomic mass is 10.2. The van der Waals surface area contributed by atoms with Crippen LogP contribution in [0.15, 0.2) is 53.4 Å². The number of hydrogen-bond donors (Lipinski definition) is 1. The van der Waals surface area contributed by atoms with Gasteiger partial charge in [-0.2, -0.15) is 4.31 Å². The average Bonchev–Trinajstić information content (AvgIpc) is 2.67. The Bertz CT molecular complexity index is 861. The molecule has 0 atom stereocenters. The Balaban J connectivity index is 1.62. The molecule has 0 saturated carbocycles. The molecule has 0 unspecified atom stereocenters. The van der Waals surface area contributed by atoms with Crippen molar-refractivity contribution in [3.05, 3.63) is 64.7 Å². The van der Waals surface area contributed by atoms with Gasteiger partial charge in [-0.25, -0.2) is 8.42 Å². The van der Waals surface area contributed by atoms with E-state index in [2.05, 4.69) is 5.32 Å². The van der Waals surface area contributed by atoms with Gasteiger partial charge < -0.3 is 10.1 Å². The van der Waals surface area contributed by atoms with Gasteiger partial charge in [0.15, 0.2) is 0 Å². The molecule has 2 aromatic carbocycles. The number of carbonyl (C=O) groups excluding carboxylic acids is 1. The number of rotatable bonds is 5. The number of halogens is 1. The lowest BCUT2D eigenvalue weighted by molar-refractivity contribution is 0.0730. The molecule has 8 heteroatoms. The molecule has 0 bridgehead atoms. The highest BCUT2D eigenvalue weighted by atomic mass is 35.5. The van der Waals surface area contributed by atoms with Gasteiger partial charge in [0.25, 0.3) is 5.91 Å². The average molecular weight is 395 g/mol. The summed E-state index contributed by atoms with van der Waals surface area (Å²) in [6, 6.07) is 13.1. The van der Waals surface area contributed by atoms with Gasteiger partial charge in [0.05, 0.1) is 18.1 Å². The van der Waals surface area contributed by atoms with Crippen LogP contribution in [0.5, 0.6) is 0 Å². The second kappa shape index (κ2) is 8.18. The van der Waals surface area contributed by atoms with E-state index in [9.17, 15) is 13.2 Å². The first-order valence-electron chi connectivity index (χ1n) is 8.17. The Kier molecular flexibility index (Phi) is 5.93. The Labute approximate surface area is 157 Å². The molecule has 3 rings (SSSR count). The fourth-order valence-electron chi connectivity index (χ4n) is 2.60. The highest BCUT2D eigenvalue weighted by molar-refractivity contribution is 7.89. The first-order chi connectivity index (χ1) is 12.5. The Morgan fingerprint density at radius 1 is 1.04 bits per heavy atom. The van der Waals surface area contributed by atoms with Gasteiger partial charge in [-0.05, 0) is 42.0 Å². The SMILES string of the molecule is O=C(NCc1ccc(S(=O)(=O)N2CCOCC2)cc1)c1ccc(Cl)cc1. The number of benzene rings is 2. The summed E-state index contributed by atoms with van der Waals surface area (Å²) < 4.78 is 31.8. The molecule has 0 aliphatic carbocycles. The largest absolute Gasteiger partial charge is 0.379 e. The van der Waals surface area contributed by atoms with Crippen molar-refractivity contribution in [3.8, 4) is 0 Å². The van der Waals surface area contributed by atoms with Crippen molar-refractivity contribution in [2.75, 3.05) is 26.3 Å². The van der Waals surface area contributed by atoms with E-state index < -0.39 is 10.0 Å². The summed E-state index contributed by atoms with van der Waals surface area (Å²) in [5.41, 5.74) is 1.33. The molecule has 26 heavy (non-hydrogen) atoms. The minimum Gasteiger partial charge on any atom is -0.379 e. The van der Waals surface area contributed by atoms with E-state index in [0.29, 0.717) is 43.4 Å². The van der Waals surface area contributed by atoms with Crippen LogP contribution in [-0.2, 0) is 21.3 Å². The zero-order valence-electron chi connectivity index (χ0n) is 14.0. The minimum absolute atomic E-state index is 0.216. The van der Waals surface area contributed by atoms with Gasteiger partial charge in [-0.3, -0.25) is 4.79 Å². The van der Waals surface area contributed by atoms with E-state index in [-0.39, 0.29) is 10.8 Å². The topological polar surface area (TPSA) is 75.7 Å². The van der Waals surface area contributed by atoms with E-state index in [1.807, 2.05) is 0 Å². The van der Waals surface area contributed by atoms with Gasteiger partial charge in [0.2, 0.25) is 10.0 Å². The molecule has 1 amide bonds. The molecule has 0 aromatic heterocycles. The van der Waals surface area contributed by atoms with Gasteiger partial charge in [0.1, 0.15) is 0 Å². The predicted molar refractivity (Wildman–Crippen MR) is 98.6 cm³/mol. The molecule has 1 fully saturated rings. The monoisotopic (exact) mass is 394 g/mol. The molecule has 1 heterocycles. The number of carbonyl (C=O) groups is 1. The van der Waals surface area contributed by atoms with Crippen molar-refractivity contribution in [3.63, 3.8) is 0 Å². The molecule has 138 valence electrons. The summed E-state index contributed by atoms with van der Waals surface area (Å²) in [6.45, 7) is 1.85. The Morgan fingerprint density at radius 2 is 1.65 bits per heavy atom. The lowest BCUT2D eigenvalue weighted by Gasteiger charge is -2.26. The maximum absolute atomic E-state index is 12.6. The Morgan fingerprint density at radius 3 is 2.27 bits per heavy atom. The molecular weight excluding hydrogens is 376 g/mol. The normalized spacial score (nSPS) is 15.6. The van der Waals surface area contributed by atoms with Crippen molar-refractivity contribution < 1.29 is 17.9 Å². The van der Waals surface area contributed by atoms with Crippen molar-refractivity contribution in [1.82, 2.24) is 9.62 Å². The molecular formula is C18H19ClN2O4S. The van der Waals surface area contributed by atoms with E-state index >= 15 is 0 Å². The van der Waals surface area contributed by atoms with Gasteiger partial charge in [-0.1, -0.05) is 23.7 Å². The molecule has 0 spiro atoms. The zero-order chi connectivity index (χ0) is 18.6. The Hall–Kier alpha value is -1.93. The van der Waals surface area contributed by atoms with Crippen LogP contribution in [0.3, 0.4) is 0 Å². The predicted octanol–water partition coefficient (Wildman–Crippen LogP) is 2.29. The van der Waals surface area contributed by atoms with Crippen LogP contribution in [0.4, 0.5) is 0 Å². The second-order valence-corrected chi connectivity index (χ2v) is 8.22. The highest BCUT2D eigenvalue weighted by Gasteiger charge is 2.26. The van der Waals surface area contributed by atoms with Crippen LogP contribution in [0, 0.1) is 0 Å². The van der Waals surface area contributed by atoms with E-state index in [1.165, 1.54) is 4.31 Å². The first-order valence-corrected chi connectivity index (χ1v) is 9.99. The van der Waals surface area contributed by atoms with E-state index in [4.69, 9.17) is 16.3 Å². The zero-order valence-corrected chi connectivity index (χ0v) is 15.6. The lowest BCUT2D eigenvalue weighted by Crippen LogP contribution is -2.40. The molecule has 1 aliphatic rings. The van der Waals surface area contributed by atoms with E-state index in [1.54, 1.807) is 48.5 Å². The standard InChI is InChI=1S/C18H19ClN2O4S/c19-16-5-3-15(4-6-16)18(22)20-13-14-1-7-17(8-2-14)26(23,24)21-9-11-25-12-10-21/h1-8H,9-13H2,(H,20,22). The molecule has 2 aromatic rings. The number of nitrogens with one attached hydrogen (secondary N) is 1. The summed E-state index contributed by atoms with van der Waals surface area (Å²) in [6.07, 6.45) is 0. The summed E-state index contributed by atoms with van der Waals surface area (Å²) in [4.78, 5) is 12.3. The highest BCUT2D eigenvalue weighted by Crippen LogP contribution is 2.18. The summed E-state index contributed by atoms with van der Waals surface area (Å²) in [5, 5.41) is 3.37. The second-order valence-electron chi connectivity index (χ2n) is 5.85. The van der Waals surface area contributed by atoms with Gasteiger partial charge in [0, 0.05) is 30.2 Å². The number of sulfonamides is 1. The third kappa shape index (κ3) is 4.42. The van der Waals surface area contributed by atoms with Crippen LogP contribution in [-0.4, -0.2) is 44.9 Å². The molecule has 1 N–H and O–H groups in total. The number of morpholine rings is 1. The molecule has 1 saturated heterocycles. The van der Waals surface area contributed by atoms with Crippen LogP contribution >= 0.6 is 11.6 Å². The first kappa shape index (κ1) is 18.8. The van der Waals surface area contributed by atoms with Gasteiger partial charge in [-0.15, -0.1) is 0 Å². The van der Waals surface area contributed by atoms with Crippen LogP contribution < -0.4 is 5.32 Å². The van der Waals surface area contributed by atoms with Crippen molar-refractivity contribution in [2.45, 2.75) is 11.4 Å². The van der Waals surface area contributed by atoms with Crippen molar-refractivity contribution >= 4 is 27.5 Å². The number of ether oxygens (including phenoxy) is 1. The number of hydrogen-bond acceptors (Lipinski definition) is 4.